The van der Waals surface area contributed by atoms with E-state index in [2.05, 4.69) is 6.58 Å². The lowest BCUT2D eigenvalue weighted by molar-refractivity contribution is 1.20. The fraction of sp³-hybridized carbons (Fsp3) is 0.182. The summed E-state index contributed by atoms with van der Waals surface area (Å²) in [6.45, 7) is 5.67. The summed E-state index contributed by atoms with van der Waals surface area (Å²) in [4.78, 5) is 0. The Labute approximate surface area is 73.0 Å². The molecule has 0 heterocycles. The van der Waals surface area contributed by atoms with E-state index in [0.717, 1.165) is 5.56 Å². The van der Waals surface area contributed by atoms with Gasteiger partial charge in [0.05, 0.1) is 6.07 Å². The molecule has 0 aliphatic rings. The minimum Gasteiger partial charge on any atom is -0.193 e. The Morgan fingerprint density at radius 3 is 2.50 bits per heavy atom. The molecule has 60 valence electrons. The van der Waals surface area contributed by atoms with Gasteiger partial charge in [0.15, 0.2) is 0 Å². The highest BCUT2D eigenvalue weighted by atomic mass is 14.2. The summed E-state index contributed by atoms with van der Waals surface area (Å²) < 4.78 is 0. The molecule has 0 saturated carbocycles. The van der Waals surface area contributed by atoms with E-state index in [1.165, 1.54) is 5.56 Å². The van der Waals surface area contributed by atoms with Crippen molar-refractivity contribution in [2.24, 2.45) is 0 Å². The van der Waals surface area contributed by atoms with Gasteiger partial charge in [-0.3, -0.25) is 0 Å². The van der Waals surface area contributed by atoms with Gasteiger partial charge in [-0.2, -0.15) is 5.26 Å². The van der Waals surface area contributed by atoms with Crippen molar-refractivity contribution in [1.29, 1.82) is 5.26 Å². The Balaban J connectivity index is 2.73. The lowest BCUT2D eigenvalue weighted by atomic mass is 10.1. The van der Waals surface area contributed by atoms with Gasteiger partial charge in [0.25, 0.3) is 0 Å². The van der Waals surface area contributed by atoms with Crippen molar-refractivity contribution in [2.45, 2.75) is 13.3 Å². The Morgan fingerprint density at radius 1 is 1.42 bits per heavy atom. The van der Waals surface area contributed by atoms with Crippen LogP contribution in [0.15, 0.2) is 36.4 Å². The number of nitriles is 1. The summed E-state index contributed by atoms with van der Waals surface area (Å²) in [6, 6.07) is 10.2. The normalized spacial score (nSPS) is 9.00. The highest BCUT2D eigenvalue weighted by molar-refractivity contribution is 5.29. The third-order valence-electron chi connectivity index (χ3n) is 1.70. The molecule has 1 aromatic rings. The first kappa shape index (κ1) is 8.55. The summed E-state index contributed by atoms with van der Waals surface area (Å²) >= 11 is 0. The molecule has 1 heteroatoms. The first-order chi connectivity index (χ1) is 5.72. The second-order valence-electron chi connectivity index (χ2n) is 2.88. The van der Waals surface area contributed by atoms with Crippen molar-refractivity contribution in [2.75, 3.05) is 0 Å². The van der Waals surface area contributed by atoms with E-state index in [0.29, 0.717) is 12.0 Å². The molecule has 0 unspecified atom stereocenters. The molecule has 0 fully saturated rings. The molecule has 0 aromatic heterocycles. The summed E-state index contributed by atoms with van der Waals surface area (Å²) in [5.41, 5.74) is 2.99. The van der Waals surface area contributed by atoms with Crippen LogP contribution in [0, 0.1) is 18.3 Å². The van der Waals surface area contributed by atoms with Crippen molar-refractivity contribution in [3.63, 3.8) is 0 Å². The van der Waals surface area contributed by atoms with Crippen LogP contribution >= 0.6 is 0 Å². The van der Waals surface area contributed by atoms with E-state index in [4.69, 9.17) is 5.26 Å². The summed E-state index contributed by atoms with van der Waals surface area (Å²) in [5, 5.41) is 8.50. The molecule has 0 saturated heterocycles. The van der Waals surface area contributed by atoms with Crippen molar-refractivity contribution in [1.82, 2.24) is 0 Å². The van der Waals surface area contributed by atoms with E-state index in [-0.39, 0.29) is 0 Å². The van der Waals surface area contributed by atoms with Gasteiger partial charge in [-0.15, -0.1) is 0 Å². The Kier molecular flexibility index (Phi) is 2.66. The topological polar surface area (TPSA) is 23.8 Å². The Morgan fingerprint density at radius 2 is 2.00 bits per heavy atom. The third kappa shape index (κ3) is 2.25. The van der Waals surface area contributed by atoms with Crippen LogP contribution in [-0.4, -0.2) is 0 Å². The molecular formula is C11H11N. The predicted molar refractivity (Wildman–Crippen MR) is 49.6 cm³/mol. The van der Waals surface area contributed by atoms with Crippen LogP contribution in [-0.2, 0) is 6.42 Å². The maximum Gasteiger partial charge on any atom is 0.0944 e. The first-order valence-corrected chi connectivity index (χ1v) is 3.86. The minimum atomic E-state index is 0.610. The van der Waals surface area contributed by atoms with Gasteiger partial charge < -0.3 is 0 Å². The lowest BCUT2D eigenvalue weighted by Gasteiger charge is -1.98. The Hall–Kier alpha value is -1.55. The van der Waals surface area contributed by atoms with Crippen LogP contribution in [0.4, 0.5) is 0 Å². The molecule has 0 bridgehead atoms. The molecule has 0 spiro atoms. The van der Waals surface area contributed by atoms with Crippen LogP contribution in [0.1, 0.15) is 11.1 Å². The van der Waals surface area contributed by atoms with Crippen LogP contribution in [0.25, 0.3) is 0 Å². The summed E-state index contributed by atoms with van der Waals surface area (Å²) in [6.07, 6.45) is 0.663. The zero-order valence-electron chi connectivity index (χ0n) is 7.17. The molecule has 0 radical (unpaired) electrons. The van der Waals surface area contributed by atoms with Gasteiger partial charge in [-0.25, -0.2) is 0 Å². The quantitative estimate of drug-likeness (QED) is 0.605. The fourth-order valence-corrected chi connectivity index (χ4v) is 0.992. The molecule has 0 atom stereocenters. The van der Waals surface area contributed by atoms with E-state index < -0.39 is 0 Å². The molecule has 1 rings (SSSR count). The molecule has 0 aliphatic heterocycles. The molecule has 12 heavy (non-hydrogen) atoms. The maximum atomic E-state index is 8.50. The van der Waals surface area contributed by atoms with Crippen LogP contribution in [0.3, 0.4) is 0 Å². The smallest absolute Gasteiger partial charge is 0.0944 e. The second-order valence-corrected chi connectivity index (χ2v) is 2.88. The number of hydrogen-bond acceptors (Lipinski definition) is 1. The first-order valence-electron chi connectivity index (χ1n) is 3.86. The molecule has 1 aromatic carbocycles. The standard InChI is InChI=1S/C11H11N/c1-9-3-5-11(6-4-9)7-10(2)8-12/h3-6H,2,7H2,1H3. The van der Waals surface area contributed by atoms with Gasteiger partial charge in [-0.1, -0.05) is 36.4 Å². The predicted octanol–water partition coefficient (Wildman–Crippen LogP) is 2.62. The van der Waals surface area contributed by atoms with Gasteiger partial charge in [0.2, 0.25) is 0 Å². The monoisotopic (exact) mass is 157 g/mol. The molecule has 0 N–H and O–H groups in total. The SMILES string of the molecule is C=C(C#N)Cc1ccc(C)cc1. The molecule has 1 nitrogen and oxygen atoms in total. The highest BCUT2D eigenvalue weighted by Gasteiger charge is 1.94. The van der Waals surface area contributed by atoms with Crippen molar-refractivity contribution < 1.29 is 0 Å². The highest BCUT2D eigenvalue weighted by Crippen LogP contribution is 2.07. The fourth-order valence-electron chi connectivity index (χ4n) is 0.992. The maximum absolute atomic E-state index is 8.50. The van der Waals surface area contributed by atoms with Gasteiger partial charge in [0.1, 0.15) is 0 Å². The van der Waals surface area contributed by atoms with Crippen LogP contribution in [0.5, 0.6) is 0 Å². The lowest BCUT2D eigenvalue weighted by Crippen LogP contribution is -1.86. The number of allylic oxidation sites excluding steroid dienone is 1. The van der Waals surface area contributed by atoms with Gasteiger partial charge in [-0.05, 0) is 12.5 Å². The molecule has 0 amide bonds. The Bertz CT molecular complexity index is 314. The molecular weight excluding hydrogens is 146 g/mol. The number of hydrogen-bond donors (Lipinski definition) is 0. The summed E-state index contributed by atoms with van der Waals surface area (Å²) in [7, 11) is 0. The van der Waals surface area contributed by atoms with Gasteiger partial charge >= 0.3 is 0 Å². The number of rotatable bonds is 2. The number of benzene rings is 1. The zero-order chi connectivity index (χ0) is 8.97. The van der Waals surface area contributed by atoms with Crippen molar-refractivity contribution in [3.05, 3.63) is 47.5 Å². The van der Waals surface area contributed by atoms with Crippen LogP contribution < -0.4 is 0 Å². The average molecular weight is 157 g/mol. The van der Waals surface area contributed by atoms with E-state index >= 15 is 0 Å². The van der Waals surface area contributed by atoms with Crippen LogP contribution in [0.2, 0.25) is 0 Å². The number of nitrogens with zero attached hydrogens (tertiary/aromatic N) is 1. The second kappa shape index (κ2) is 3.73. The zero-order valence-corrected chi connectivity index (χ0v) is 7.17. The largest absolute Gasteiger partial charge is 0.193 e. The average Bonchev–Trinajstić information content (AvgIpc) is 2.09. The van der Waals surface area contributed by atoms with E-state index in [9.17, 15) is 0 Å². The van der Waals surface area contributed by atoms with Crippen molar-refractivity contribution in [3.8, 4) is 6.07 Å². The van der Waals surface area contributed by atoms with E-state index in [1.54, 1.807) is 0 Å². The summed E-state index contributed by atoms with van der Waals surface area (Å²) in [5.74, 6) is 0. The number of aryl methyl sites for hydroxylation is 1. The van der Waals surface area contributed by atoms with Gasteiger partial charge in [0, 0.05) is 12.0 Å². The van der Waals surface area contributed by atoms with Crippen molar-refractivity contribution >= 4 is 0 Å². The minimum absolute atomic E-state index is 0.610. The molecule has 0 aliphatic carbocycles. The van der Waals surface area contributed by atoms with E-state index in [1.807, 2.05) is 37.3 Å². The third-order valence-corrected chi connectivity index (χ3v) is 1.70.